The summed E-state index contributed by atoms with van der Waals surface area (Å²) in [6, 6.07) is 5.83. The van der Waals surface area contributed by atoms with E-state index in [2.05, 4.69) is 10.3 Å². The summed E-state index contributed by atoms with van der Waals surface area (Å²) in [5, 5.41) is 3.00. The lowest BCUT2D eigenvalue weighted by atomic mass is 9.86. The quantitative estimate of drug-likeness (QED) is 0.864. The smallest absolute Gasteiger partial charge is 0.220 e. The third-order valence-electron chi connectivity index (χ3n) is 4.64. The number of nitrogens with zero attached hydrogens (tertiary/aromatic N) is 1. The number of rotatable bonds is 6. The first-order valence-corrected chi connectivity index (χ1v) is 8.55. The van der Waals surface area contributed by atoms with Gasteiger partial charge in [0.05, 0.1) is 18.2 Å². The number of hydrogen-bond acceptors (Lipinski definition) is 3. The average Bonchev–Trinajstić information content (AvgIpc) is 3.14. The summed E-state index contributed by atoms with van der Waals surface area (Å²) in [5.41, 5.74) is 2.86. The molecule has 4 nitrogen and oxygen atoms in total. The monoisotopic (exact) mass is 312 g/mol. The molecule has 0 saturated heterocycles. The number of carbonyl (C=O) groups is 1. The van der Waals surface area contributed by atoms with Gasteiger partial charge in [0.25, 0.3) is 0 Å². The van der Waals surface area contributed by atoms with Gasteiger partial charge in [-0.05, 0) is 30.0 Å². The van der Waals surface area contributed by atoms with Crippen LogP contribution in [0.3, 0.4) is 0 Å². The van der Waals surface area contributed by atoms with Crippen LogP contribution in [0.15, 0.2) is 41.3 Å². The van der Waals surface area contributed by atoms with Gasteiger partial charge in [-0.3, -0.25) is 9.78 Å². The van der Waals surface area contributed by atoms with Crippen molar-refractivity contribution in [3.05, 3.63) is 42.5 Å². The van der Waals surface area contributed by atoms with Crippen LogP contribution in [0.1, 0.15) is 50.5 Å². The number of amides is 1. The predicted octanol–water partition coefficient (Wildman–Crippen LogP) is 4.32. The van der Waals surface area contributed by atoms with E-state index in [0.29, 0.717) is 13.0 Å². The number of hydrogen-bond donors (Lipinski definition) is 1. The Morgan fingerprint density at radius 3 is 2.78 bits per heavy atom. The topological polar surface area (TPSA) is 55.1 Å². The summed E-state index contributed by atoms with van der Waals surface area (Å²) in [6.45, 7) is 0.544. The van der Waals surface area contributed by atoms with E-state index in [4.69, 9.17) is 4.42 Å². The first kappa shape index (κ1) is 15.8. The molecule has 3 rings (SSSR count). The van der Waals surface area contributed by atoms with E-state index < -0.39 is 0 Å². The van der Waals surface area contributed by atoms with Crippen molar-refractivity contribution >= 4 is 5.91 Å². The van der Waals surface area contributed by atoms with Crippen LogP contribution in [0.5, 0.6) is 0 Å². The van der Waals surface area contributed by atoms with E-state index in [1.165, 1.54) is 32.1 Å². The molecule has 0 unspecified atom stereocenters. The second kappa shape index (κ2) is 7.95. The van der Waals surface area contributed by atoms with Gasteiger partial charge in [0.1, 0.15) is 0 Å². The van der Waals surface area contributed by atoms with Gasteiger partial charge in [0, 0.05) is 24.7 Å². The van der Waals surface area contributed by atoms with Crippen LogP contribution in [0.2, 0.25) is 0 Å². The molecule has 0 aliphatic heterocycles. The summed E-state index contributed by atoms with van der Waals surface area (Å²) in [5.74, 6) is 0.903. The van der Waals surface area contributed by atoms with Gasteiger partial charge in [0.2, 0.25) is 5.91 Å². The van der Waals surface area contributed by atoms with E-state index in [0.717, 1.165) is 29.2 Å². The van der Waals surface area contributed by atoms with Crippen molar-refractivity contribution in [2.24, 2.45) is 5.92 Å². The molecule has 1 fully saturated rings. The van der Waals surface area contributed by atoms with Gasteiger partial charge < -0.3 is 9.73 Å². The molecule has 2 heterocycles. The highest BCUT2D eigenvalue weighted by atomic mass is 16.3. The van der Waals surface area contributed by atoms with Crippen molar-refractivity contribution in [1.82, 2.24) is 10.3 Å². The Hall–Kier alpha value is -2.10. The molecule has 23 heavy (non-hydrogen) atoms. The Balaban J connectivity index is 1.41. The number of nitrogens with one attached hydrogen (secondary N) is 1. The summed E-state index contributed by atoms with van der Waals surface area (Å²) in [7, 11) is 0. The van der Waals surface area contributed by atoms with E-state index in [-0.39, 0.29) is 5.91 Å². The molecule has 1 N–H and O–H groups in total. The maximum Gasteiger partial charge on any atom is 0.220 e. The van der Waals surface area contributed by atoms with E-state index in [9.17, 15) is 4.79 Å². The second-order valence-corrected chi connectivity index (χ2v) is 6.38. The highest BCUT2D eigenvalue weighted by Gasteiger charge is 2.14. The molecule has 1 aliphatic rings. The second-order valence-electron chi connectivity index (χ2n) is 6.38. The van der Waals surface area contributed by atoms with Crippen molar-refractivity contribution in [1.29, 1.82) is 0 Å². The molecule has 0 aromatic carbocycles. The van der Waals surface area contributed by atoms with Crippen molar-refractivity contribution in [2.75, 3.05) is 0 Å². The van der Waals surface area contributed by atoms with Gasteiger partial charge in [0.15, 0.2) is 0 Å². The minimum atomic E-state index is 0.148. The fourth-order valence-corrected chi connectivity index (χ4v) is 3.21. The standard InChI is InChI=1S/C19H24N2O2/c22-19(9-7-15-4-2-1-3-5-15)21-13-16-6-8-18(20-12-16)17-10-11-23-14-17/h6,8,10-12,14-15H,1-5,7,9,13H2,(H,21,22). The average molecular weight is 312 g/mol. The molecule has 0 spiro atoms. The molecule has 0 atom stereocenters. The van der Waals surface area contributed by atoms with Gasteiger partial charge in [-0.25, -0.2) is 0 Å². The van der Waals surface area contributed by atoms with Crippen molar-refractivity contribution < 1.29 is 9.21 Å². The molecule has 1 amide bonds. The Bertz CT molecular complexity index is 599. The van der Waals surface area contributed by atoms with Crippen LogP contribution in [0.4, 0.5) is 0 Å². The van der Waals surface area contributed by atoms with Crippen LogP contribution in [-0.2, 0) is 11.3 Å². The summed E-state index contributed by atoms with van der Waals surface area (Å²) < 4.78 is 5.06. The zero-order valence-electron chi connectivity index (χ0n) is 13.5. The fourth-order valence-electron chi connectivity index (χ4n) is 3.21. The highest BCUT2D eigenvalue weighted by molar-refractivity contribution is 5.75. The number of carbonyl (C=O) groups excluding carboxylic acids is 1. The van der Waals surface area contributed by atoms with Gasteiger partial charge in [-0.1, -0.05) is 38.2 Å². The molecule has 122 valence electrons. The summed E-state index contributed by atoms with van der Waals surface area (Å²) >= 11 is 0. The first-order valence-electron chi connectivity index (χ1n) is 8.55. The molecular formula is C19H24N2O2. The Morgan fingerprint density at radius 1 is 1.22 bits per heavy atom. The third-order valence-corrected chi connectivity index (χ3v) is 4.64. The zero-order chi connectivity index (χ0) is 15.9. The van der Waals surface area contributed by atoms with Crippen LogP contribution < -0.4 is 5.32 Å². The van der Waals surface area contributed by atoms with Crippen LogP contribution >= 0.6 is 0 Å². The number of furan rings is 1. The number of pyridine rings is 1. The van der Waals surface area contributed by atoms with Crippen LogP contribution in [0, 0.1) is 5.92 Å². The largest absolute Gasteiger partial charge is 0.472 e. The molecule has 2 aromatic rings. The van der Waals surface area contributed by atoms with Gasteiger partial charge in [-0.2, -0.15) is 0 Å². The Labute approximate surface area is 137 Å². The van der Waals surface area contributed by atoms with Crippen molar-refractivity contribution in [3.63, 3.8) is 0 Å². The Kier molecular flexibility index (Phi) is 5.46. The van der Waals surface area contributed by atoms with E-state index in [1.54, 1.807) is 12.5 Å². The fraction of sp³-hybridized carbons (Fsp3) is 0.474. The van der Waals surface area contributed by atoms with Crippen molar-refractivity contribution in [3.8, 4) is 11.3 Å². The molecule has 4 heteroatoms. The molecule has 0 bridgehead atoms. The zero-order valence-corrected chi connectivity index (χ0v) is 13.5. The lowest BCUT2D eigenvalue weighted by molar-refractivity contribution is -0.121. The molecule has 1 saturated carbocycles. The Morgan fingerprint density at radius 2 is 2.09 bits per heavy atom. The highest BCUT2D eigenvalue weighted by Crippen LogP contribution is 2.27. The van der Waals surface area contributed by atoms with E-state index in [1.807, 2.05) is 24.4 Å². The lowest BCUT2D eigenvalue weighted by Gasteiger charge is -2.20. The minimum absolute atomic E-state index is 0.148. The molecule has 0 radical (unpaired) electrons. The maximum absolute atomic E-state index is 12.0. The van der Waals surface area contributed by atoms with Gasteiger partial charge in [-0.15, -0.1) is 0 Å². The minimum Gasteiger partial charge on any atom is -0.472 e. The summed E-state index contributed by atoms with van der Waals surface area (Å²) in [6.07, 6.45) is 13.4. The normalized spacial score (nSPS) is 15.5. The maximum atomic E-state index is 12.0. The number of aromatic nitrogens is 1. The van der Waals surface area contributed by atoms with E-state index >= 15 is 0 Å². The molecule has 2 aromatic heterocycles. The lowest BCUT2D eigenvalue weighted by Crippen LogP contribution is -2.23. The molecule has 1 aliphatic carbocycles. The SMILES string of the molecule is O=C(CCC1CCCCC1)NCc1ccc(-c2ccoc2)nc1. The third kappa shape index (κ3) is 4.68. The van der Waals surface area contributed by atoms with Crippen LogP contribution in [0.25, 0.3) is 11.3 Å². The predicted molar refractivity (Wildman–Crippen MR) is 89.6 cm³/mol. The van der Waals surface area contributed by atoms with Crippen LogP contribution in [-0.4, -0.2) is 10.9 Å². The first-order chi connectivity index (χ1) is 11.3. The molecular weight excluding hydrogens is 288 g/mol. The summed E-state index contributed by atoms with van der Waals surface area (Å²) in [4.78, 5) is 16.4. The van der Waals surface area contributed by atoms with Gasteiger partial charge >= 0.3 is 0 Å². The van der Waals surface area contributed by atoms with Crippen molar-refractivity contribution in [2.45, 2.75) is 51.5 Å².